The standard InChI is InChI=1S/C16H23NO4/c1-4-21-14-7-5-13(6-8-14)11-15(18)17(12(2)3)10-9-16(19)20/h5-8,12H,4,9-11H2,1-3H3,(H,19,20). The summed E-state index contributed by atoms with van der Waals surface area (Å²) < 4.78 is 5.36. The topological polar surface area (TPSA) is 66.8 Å². The molecule has 0 aliphatic heterocycles. The van der Waals surface area contributed by atoms with E-state index >= 15 is 0 Å². The number of rotatable bonds is 8. The summed E-state index contributed by atoms with van der Waals surface area (Å²) in [5.41, 5.74) is 0.893. The SMILES string of the molecule is CCOc1ccc(CC(=O)N(CCC(=O)O)C(C)C)cc1. The highest BCUT2D eigenvalue weighted by Crippen LogP contribution is 2.14. The third-order valence-corrected chi connectivity index (χ3v) is 3.10. The summed E-state index contributed by atoms with van der Waals surface area (Å²) in [5.74, 6) is -0.176. The monoisotopic (exact) mass is 293 g/mol. The number of carbonyl (C=O) groups is 2. The molecule has 1 aromatic rings. The van der Waals surface area contributed by atoms with Gasteiger partial charge in [-0.3, -0.25) is 9.59 Å². The van der Waals surface area contributed by atoms with Gasteiger partial charge >= 0.3 is 5.97 Å². The molecule has 1 rings (SSSR count). The maximum atomic E-state index is 12.3. The molecule has 0 aliphatic carbocycles. The van der Waals surface area contributed by atoms with E-state index in [1.807, 2.05) is 45.0 Å². The second-order valence-electron chi connectivity index (χ2n) is 5.08. The number of ether oxygens (including phenoxy) is 1. The fourth-order valence-electron chi connectivity index (χ4n) is 2.03. The van der Waals surface area contributed by atoms with Crippen LogP contribution in [0.3, 0.4) is 0 Å². The third-order valence-electron chi connectivity index (χ3n) is 3.10. The molecule has 0 fully saturated rings. The van der Waals surface area contributed by atoms with Crippen molar-refractivity contribution in [3.8, 4) is 5.75 Å². The first-order valence-corrected chi connectivity index (χ1v) is 7.17. The molecule has 21 heavy (non-hydrogen) atoms. The fourth-order valence-corrected chi connectivity index (χ4v) is 2.03. The van der Waals surface area contributed by atoms with Gasteiger partial charge in [-0.25, -0.2) is 0 Å². The lowest BCUT2D eigenvalue weighted by molar-refractivity contribution is -0.139. The van der Waals surface area contributed by atoms with E-state index in [0.717, 1.165) is 11.3 Å². The number of carbonyl (C=O) groups excluding carboxylic acids is 1. The Morgan fingerprint density at radius 2 is 1.86 bits per heavy atom. The van der Waals surface area contributed by atoms with Crippen molar-refractivity contribution < 1.29 is 19.4 Å². The Kier molecular flexibility index (Phi) is 6.72. The Bertz CT molecular complexity index is 468. The Hall–Kier alpha value is -2.04. The molecule has 5 nitrogen and oxygen atoms in total. The smallest absolute Gasteiger partial charge is 0.305 e. The highest BCUT2D eigenvalue weighted by Gasteiger charge is 2.18. The zero-order chi connectivity index (χ0) is 15.8. The van der Waals surface area contributed by atoms with E-state index in [9.17, 15) is 9.59 Å². The van der Waals surface area contributed by atoms with Crippen molar-refractivity contribution in [3.63, 3.8) is 0 Å². The van der Waals surface area contributed by atoms with Gasteiger partial charge < -0.3 is 14.7 Å². The molecule has 0 radical (unpaired) electrons. The molecule has 0 atom stereocenters. The van der Waals surface area contributed by atoms with Crippen LogP contribution in [0, 0.1) is 0 Å². The highest BCUT2D eigenvalue weighted by atomic mass is 16.5. The Morgan fingerprint density at radius 1 is 1.24 bits per heavy atom. The summed E-state index contributed by atoms with van der Waals surface area (Å²) in [6.45, 7) is 6.54. The number of carboxylic acid groups (broad SMARTS) is 1. The molecule has 0 saturated heterocycles. The minimum atomic E-state index is -0.894. The zero-order valence-electron chi connectivity index (χ0n) is 12.8. The molecule has 0 unspecified atom stereocenters. The Morgan fingerprint density at radius 3 is 2.33 bits per heavy atom. The van der Waals surface area contributed by atoms with E-state index in [4.69, 9.17) is 9.84 Å². The van der Waals surface area contributed by atoms with Crippen LogP contribution in [-0.4, -0.2) is 41.1 Å². The van der Waals surface area contributed by atoms with Gasteiger partial charge in [0.05, 0.1) is 19.4 Å². The summed E-state index contributed by atoms with van der Waals surface area (Å²) in [6, 6.07) is 7.38. The first kappa shape index (κ1) is 17.0. The third kappa shape index (κ3) is 5.85. The van der Waals surface area contributed by atoms with E-state index in [2.05, 4.69) is 0 Å². The van der Waals surface area contributed by atoms with Gasteiger partial charge in [-0.2, -0.15) is 0 Å². The number of carboxylic acids is 1. The van der Waals surface area contributed by atoms with Gasteiger partial charge in [-0.15, -0.1) is 0 Å². The Labute approximate surface area is 125 Å². The average Bonchev–Trinajstić information content (AvgIpc) is 2.40. The van der Waals surface area contributed by atoms with Crippen LogP contribution in [0.5, 0.6) is 5.75 Å². The van der Waals surface area contributed by atoms with Crippen LogP contribution in [0.2, 0.25) is 0 Å². The number of amides is 1. The summed E-state index contributed by atoms with van der Waals surface area (Å²) in [6.07, 6.45) is 0.234. The molecule has 0 aliphatic rings. The second-order valence-corrected chi connectivity index (χ2v) is 5.08. The minimum absolute atomic E-state index is 0.0143. The van der Waals surface area contributed by atoms with Crippen molar-refractivity contribution in [3.05, 3.63) is 29.8 Å². The zero-order valence-corrected chi connectivity index (χ0v) is 12.8. The van der Waals surface area contributed by atoms with E-state index in [-0.39, 0.29) is 31.3 Å². The van der Waals surface area contributed by atoms with E-state index in [1.54, 1.807) is 4.90 Å². The summed E-state index contributed by atoms with van der Waals surface area (Å²) in [4.78, 5) is 24.5. The van der Waals surface area contributed by atoms with Gasteiger partial charge in [0.1, 0.15) is 5.75 Å². The molecule has 116 valence electrons. The van der Waals surface area contributed by atoms with Gasteiger partial charge in [-0.05, 0) is 38.5 Å². The molecule has 0 heterocycles. The summed E-state index contributed by atoms with van der Waals surface area (Å²) in [7, 11) is 0. The lowest BCUT2D eigenvalue weighted by Gasteiger charge is -2.26. The van der Waals surface area contributed by atoms with Crippen LogP contribution < -0.4 is 4.74 Å². The van der Waals surface area contributed by atoms with Gasteiger partial charge in [0.2, 0.25) is 5.91 Å². The summed E-state index contributed by atoms with van der Waals surface area (Å²) >= 11 is 0. The predicted octanol–water partition coefficient (Wildman–Crippen LogP) is 2.34. The van der Waals surface area contributed by atoms with Crippen molar-refractivity contribution in [2.75, 3.05) is 13.2 Å². The molecule has 0 aromatic heterocycles. The molecule has 1 amide bonds. The summed E-state index contributed by atoms with van der Waals surface area (Å²) in [5, 5.41) is 8.74. The number of benzene rings is 1. The number of hydrogen-bond acceptors (Lipinski definition) is 3. The molecule has 1 aromatic carbocycles. The molecule has 0 spiro atoms. The van der Waals surface area contributed by atoms with Crippen LogP contribution in [0.4, 0.5) is 0 Å². The number of aliphatic carboxylic acids is 1. The quantitative estimate of drug-likeness (QED) is 0.799. The lowest BCUT2D eigenvalue weighted by Crippen LogP contribution is -2.39. The van der Waals surface area contributed by atoms with Crippen molar-refractivity contribution in [1.29, 1.82) is 0 Å². The molecular formula is C16H23NO4. The first-order valence-electron chi connectivity index (χ1n) is 7.17. The van der Waals surface area contributed by atoms with Crippen molar-refractivity contribution in [2.45, 2.75) is 39.7 Å². The Balaban J connectivity index is 2.65. The normalized spacial score (nSPS) is 10.5. The van der Waals surface area contributed by atoms with Crippen LogP contribution in [0.15, 0.2) is 24.3 Å². The van der Waals surface area contributed by atoms with Crippen molar-refractivity contribution >= 4 is 11.9 Å². The van der Waals surface area contributed by atoms with Crippen LogP contribution in [-0.2, 0) is 16.0 Å². The van der Waals surface area contributed by atoms with Crippen molar-refractivity contribution in [1.82, 2.24) is 4.90 Å². The molecule has 5 heteroatoms. The molecule has 1 N–H and O–H groups in total. The highest BCUT2D eigenvalue weighted by molar-refractivity contribution is 5.79. The maximum Gasteiger partial charge on any atom is 0.305 e. The van der Waals surface area contributed by atoms with Crippen molar-refractivity contribution in [2.24, 2.45) is 0 Å². The lowest BCUT2D eigenvalue weighted by atomic mass is 10.1. The van der Waals surface area contributed by atoms with Crippen LogP contribution in [0.1, 0.15) is 32.8 Å². The fraction of sp³-hybridized carbons (Fsp3) is 0.500. The number of hydrogen-bond donors (Lipinski definition) is 1. The van der Waals surface area contributed by atoms with Gasteiger partial charge in [0.15, 0.2) is 0 Å². The molecule has 0 saturated carbocycles. The molecular weight excluding hydrogens is 270 g/mol. The van der Waals surface area contributed by atoms with E-state index in [1.165, 1.54) is 0 Å². The van der Waals surface area contributed by atoms with E-state index in [0.29, 0.717) is 6.61 Å². The largest absolute Gasteiger partial charge is 0.494 e. The average molecular weight is 293 g/mol. The van der Waals surface area contributed by atoms with Crippen LogP contribution >= 0.6 is 0 Å². The molecule has 0 bridgehead atoms. The maximum absolute atomic E-state index is 12.3. The predicted molar refractivity (Wildman–Crippen MR) is 80.4 cm³/mol. The van der Waals surface area contributed by atoms with Gasteiger partial charge in [-0.1, -0.05) is 12.1 Å². The van der Waals surface area contributed by atoms with Gasteiger partial charge in [0.25, 0.3) is 0 Å². The first-order chi connectivity index (χ1) is 9.93. The van der Waals surface area contributed by atoms with Gasteiger partial charge in [0, 0.05) is 12.6 Å². The number of nitrogens with zero attached hydrogens (tertiary/aromatic N) is 1. The van der Waals surface area contributed by atoms with Crippen LogP contribution in [0.25, 0.3) is 0 Å². The van der Waals surface area contributed by atoms with E-state index < -0.39 is 5.97 Å². The minimum Gasteiger partial charge on any atom is -0.494 e. The second kappa shape index (κ2) is 8.29.